The number of carbonyl (C=O) groups is 1. The van der Waals surface area contributed by atoms with Gasteiger partial charge >= 0.3 is 5.97 Å². The highest BCUT2D eigenvalue weighted by Crippen LogP contribution is 2.01. The van der Waals surface area contributed by atoms with E-state index in [2.05, 4.69) is 0 Å². The van der Waals surface area contributed by atoms with Crippen LogP contribution in [0.15, 0.2) is 48.4 Å². The highest BCUT2D eigenvalue weighted by atomic mass is 16.4. The molecule has 2 nitrogen and oxygen atoms in total. The molecular weight excluding hydrogens is 272 g/mol. The Balaban J connectivity index is 5.00. The van der Waals surface area contributed by atoms with Gasteiger partial charge in [-0.3, -0.25) is 4.79 Å². The van der Waals surface area contributed by atoms with Gasteiger partial charge in [0, 0.05) is 6.42 Å². The van der Waals surface area contributed by atoms with Crippen LogP contribution in [0.25, 0.3) is 0 Å². The summed E-state index contributed by atoms with van der Waals surface area (Å²) in [6, 6.07) is -0.961. The molecule has 0 bridgehead atoms. The maximum Gasteiger partial charge on any atom is 0.303 e. The van der Waals surface area contributed by atoms with E-state index in [4.69, 9.17) is 16.1 Å². The molecule has 0 spiro atoms. The van der Waals surface area contributed by atoms with Crippen LogP contribution in [0.2, 0.25) is 0 Å². The minimum Gasteiger partial charge on any atom is -0.481 e. The first-order valence-corrected chi connectivity index (χ1v) is 7.82. The van der Waals surface area contributed by atoms with Crippen LogP contribution >= 0.6 is 0 Å². The summed E-state index contributed by atoms with van der Waals surface area (Å²) in [5.41, 5.74) is 0. The van der Waals surface area contributed by atoms with Gasteiger partial charge < -0.3 is 5.11 Å². The largest absolute Gasteiger partial charge is 0.481 e. The van der Waals surface area contributed by atoms with Crippen molar-refractivity contribution < 1.29 is 20.9 Å². The lowest BCUT2D eigenvalue weighted by atomic mass is 10.2. The van der Waals surface area contributed by atoms with Gasteiger partial charge in [0.25, 0.3) is 0 Å². The van der Waals surface area contributed by atoms with Crippen LogP contribution < -0.4 is 0 Å². The highest BCUT2D eigenvalue weighted by molar-refractivity contribution is 5.66. The van der Waals surface area contributed by atoms with Gasteiger partial charge in [-0.1, -0.05) is 68.2 Å². The standard InChI is InChI=1S/C20H32O2/c1-2-3-4-5-6-7-8-9-10-11-12-13-14-15-16-17-18-19-20(21)22/h6-7,9-10,12-13,15-16H,2-5,8,11,14,17-19H2,1H3,(H,21,22)/b7-6?,10-9?,13-12-,16-15?/i6D,7D,9D,10D,12D,13D,15D,16D. The Morgan fingerprint density at radius 1 is 0.818 bits per heavy atom. The van der Waals surface area contributed by atoms with Crippen molar-refractivity contribution in [3.05, 3.63) is 48.4 Å². The van der Waals surface area contributed by atoms with E-state index in [0.29, 0.717) is 6.42 Å². The van der Waals surface area contributed by atoms with Crippen LogP contribution in [-0.2, 0) is 4.79 Å². The third-order valence-corrected chi connectivity index (χ3v) is 2.63. The van der Waals surface area contributed by atoms with Gasteiger partial charge in [-0.2, -0.15) is 0 Å². The van der Waals surface area contributed by atoms with Gasteiger partial charge in [-0.05, 0) is 44.9 Å². The number of carboxylic acid groups (broad SMARTS) is 1. The zero-order valence-corrected chi connectivity index (χ0v) is 13.4. The SMILES string of the molecule is [2H]C(CCCCC)=C([2H])CC([2H])=C([2H])C/C([2H])=C(/[2H])CC([2H])=C([2H])CCCC(=O)O. The molecule has 0 atom stereocenters. The molecular formula is C20H32O2. The van der Waals surface area contributed by atoms with Crippen molar-refractivity contribution in [2.75, 3.05) is 0 Å². The lowest BCUT2D eigenvalue weighted by Gasteiger charge is -1.90. The highest BCUT2D eigenvalue weighted by Gasteiger charge is 1.92. The fraction of sp³-hybridized carbons (Fsp3) is 0.550. The molecule has 0 aromatic carbocycles. The molecule has 0 aliphatic carbocycles. The van der Waals surface area contributed by atoms with Crippen LogP contribution in [0.1, 0.15) is 82.1 Å². The Morgan fingerprint density at radius 3 is 1.73 bits per heavy atom. The average Bonchev–Trinajstić information content (AvgIpc) is 2.67. The molecule has 0 fully saturated rings. The van der Waals surface area contributed by atoms with Gasteiger partial charge in [0.05, 0.1) is 11.0 Å². The monoisotopic (exact) mass is 312 g/mol. The van der Waals surface area contributed by atoms with E-state index in [1.54, 1.807) is 0 Å². The zero-order valence-electron chi connectivity index (χ0n) is 21.4. The van der Waals surface area contributed by atoms with Crippen molar-refractivity contribution in [1.82, 2.24) is 0 Å². The molecule has 0 saturated heterocycles. The summed E-state index contributed by atoms with van der Waals surface area (Å²) >= 11 is 0. The van der Waals surface area contributed by atoms with Crippen molar-refractivity contribution in [2.45, 2.75) is 71.1 Å². The Labute approximate surface area is 147 Å². The minimum absolute atomic E-state index is 0.0148. The minimum atomic E-state index is -0.978. The molecule has 22 heavy (non-hydrogen) atoms. The van der Waals surface area contributed by atoms with Gasteiger partial charge in [0.15, 0.2) is 0 Å². The molecule has 2 heteroatoms. The first-order chi connectivity index (χ1) is 14.0. The van der Waals surface area contributed by atoms with Gasteiger partial charge in [-0.25, -0.2) is 0 Å². The van der Waals surface area contributed by atoms with Crippen LogP contribution in [0.4, 0.5) is 0 Å². The number of allylic oxidation sites excluding steroid dienone is 8. The average molecular weight is 313 g/mol. The third kappa shape index (κ3) is 18.4. The summed E-state index contributed by atoms with van der Waals surface area (Å²) in [6.45, 7) is 2.04. The maximum atomic E-state index is 10.5. The predicted octanol–water partition coefficient (Wildman–Crippen LogP) is 6.22. The van der Waals surface area contributed by atoms with E-state index in [0.717, 1.165) is 19.3 Å². The Morgan fingerprint density at radius 2 is 1.27 bits per heavy atom. The number of unbranched alkanes of at least 4 members (excludes halogenated alkanes) is 2. The van der Waals surface area contributed by atoms with E-state index >= 15 is 0 Å². The van der Waals surface area contributed by atoms with Crippen LogP contribution in [0.3, 0.4) is 0 Å². The van der Waals surface area contributed by atoms with Crippen molar-refractivity contribution in [3.63, 3.8) is 0 Å². The molecule has 0 rings (SSSR count). The van der Waals surface area contributed by atoms with Crippen molar-refractivity contribution in [1.29, 1.82) is 0 Å². The van der Waals surface area contributed by atoms with E-state index in [-0.39, 0.29) is 86.9 Å². The first-order valence-electron chi connectivity index (χ1n) is 11.8. The second-order valence-electron chi connectivity index (χ2n) is 4.65. The lowest BCUT2D eigenvalue weighted by Crippen LogP contribution is -1.92. The molecule has 0 aliphatic heterocycles. The molecule has 0 amide bonds. The Hall–Kier alpha value is -1.57. The normalized spacial score (nSPS) is 21.1. The molecule has 0 aromatic heterocycles. The van der Waals surface area contributed by atoms with Crippen molar-refractivity contribution >= 4 is 5.97 Å². The maximum absolute atomic E-state index is 10.5. The van der Waals surface area contributed by atoms with Crippen molar-refractivity contribution in [2.24, 2.45) is 0 Å². The number of rotatable bonds is 14. The summed E-state index contributed by atoms with van der Waals surface area (Å²) in [5, 5.41) is 8.60. The molecule has 0 saturated carbocycles. The van der Waals surface area contributed by atoms with E-state index < -0.39 is 5.97 Å². The zero-order chi connectivity index (χ0) is 23.3. The Kier molecular flexibility index (Phi) is 8.15. The Bertz CT molecular complexity index is 708. The number of aliphatic carboxylic acids is 1. The summed E-state index contributed by atoms with van der Waals surface area (Å²) in [6.07, 6.45) is 2.78. The number of carboxylic acids is 1. The second-order valence-corrected chi connectivity index (χ2v) is 4.65. The topological polar surface area (TPSA) is 37.3 Å². The molecule has 124 valence electrons. The second kappa shape index (κ2) is 17.5. The quantitative estimate of drug-likeness (QED) is 0.305. The lowest BCUT2D eigenvalue weighted by molar-refractivity contribution is -0.137. The third-order valence-electron chi connectivity index (χ3n) is 2.63. The molecule has 0 unspecified atom stereocenters. The molecule has 0 aliphatic rings. The van der Waals surface area contributed by atoms with Gasteiger partial charge in [-0.15, -0.1) is 0 Å². The number of hydrogen-bond acceptors (Lipinski definition) is 1. The fourth-order valence-corrected chi connectivity index (χ4v) is 1.48. The summed E-state index contributed by atoms with van der Waals surface area (Å²) in [4.78, 5) is 10.5. The predicted molar refractivity (Wildman–Crippen MR) is 96.0 cm³/mol. The molecule has 0 aromatic rings. The van der Waals surface area contributed by atoms with Crippen molar-refractivity contribution in [3.8, 4) is 0 Å². The summed E-state index contributed by atoms with van der Waals surface area (Å²) in [5.74, 6) is -0.978. The van der Waals surface area contributed by atoms with Crippen LogP contribution in [0, 0.1) is 0 Å². The smallest absolute Gasteiger partial charge is 0.303 e. The number of hydrogen-bond donors (Lipinski definition) is 1. The van der Waals surface area contributed by atoms with E-state index in [1.165, 1.54) is 0 Å². The fourth-order valence-electron chi connectivity index (χ4n) is 1.48. The summed E-state index contributed by atoms with van der Waals surface area (Å²) in [7, 11) is 0. The van der Waals surface area contributed by atoms with Gasteiger partial charge in [0.1, 0.15) is 0 Å². The van der Waals surface area contributed by atoms with E-state index in [1.807, 2.05) is 6.92 Å². The van der Waals surface area contributed by atoms with Crippen LogP contribution in [-0.4, -0.2) is 11.1 Å². The first kappa shape index (κ1) is 10.3. The molecule has 1 N–H and O–H groups in total. The van der Waals surface area contributed by atoms with E-state index in [9.17, 15) is 4.79 Å². The summed E-state index contributed by atoms with van der Waals surface area (Å²) < 4.78 is 63.0. The van der Waals surface area contributed by atoms with Gasteiger partial charge in [0.2, 0.25) is 0 Å². The molecule has 0 heterocycles. The van der Waals surface area contributed by atoms with Crippen LogP contribution in [0.5, 0.6) is 0 Å². The molecule has 0 radical (unpaired) electrons.